The van der Waals surface area contributed by atoms with Crippen molar-refractivity contribution >= 4 is 34.8 Å². The number of hydrogen-bond acceptors (Lipinski definition) is 10. The van der Waals surface area contributed by atoms with E-state index in [1.54, 1.807) is 52.9 Å². The maximum atomic E-state index is 13.4. The summed E-state index contributed by atoms with van der Waals surface area (Å²) < 4.78 is 21.8. The Morgan fingerprint density at radius 3 is 2.30 bits per heavy atom. The van der Waals surface area contributed by atoms with E-state index in [1.165, 1.54) is 11.8 Å². The van der Waals surface area contributed by atoms with E-state index < -0.39 is 12.0 Å². The van der Waals surface area contributed by atoms with Gasteiger partial charge in [-0.15, -0.1) is 0 Å². The van der Waals surface area contributed by atoms with Gasteiger partial charge in [-0.1, -0.05) is 11.8 Å². The van der Waals surface area contributed by atoms with Gasteiger partial charge in [-0.05, 0) is 63.6 Å². The Labute approximate surface area is 239 Å². The van der Waals surface area contributed by atoms with Gasteiger partial charge in [-0.3, -0.25) is 9.59 Å². The number of benzene rings is 1. The number of thioether (sulfide) groups is 1. The molecule has 0 aromatic heterocycles. The van der Waals surface area contributed by atoms with Crippen molar-refractivity contribution in [2.45, 2.75) is 59.1 Å². The number of fused-ring (bicyclic) bond motifs is 1. The molecule has 0 radical (unpaired) electrons. The first-order valence-electron chi connectivity index (χ1n) is 13.5. The largest absolute Gasteiger partial charge is 0.497 e. The topological polar surface area (TPSA) is 107 Å². The van der Waals surface area contributed by atoms with Crippen LogP contribution in [0, 0.1) is 5.92 Å². The van der Waals surface area contributed by atoms with E-state index in [0.29, 0.717) is 60.5 Å². The number of piperidine rings is 1. The summed E-state index contributed by atoms with van der Waals surface area (Å²) in [4.78, 5) is 47.5. The lowest BCUT2D eigenvalue weighted by atomic mass is 9.93. The van der Waals surface area contributed by atoms with Gasteiger partial charge in [0.05, 0.1) is 56.6 Å². The zero-order valence-electron chi connectivity index (χ0n) is 23.9. The molecule has 0 saturated carbocycles. The minimum Gasteiger partial charge on any atom is -0.497 e. The lowest BCUT2D eigenvalue weighted by Gasteiger charge is -2.37. The molecule has 1 fully saturated rings. The molecule has 0 unspecified atom stereocenters. The number of hydrogen-bond donors (Lipinski definition) is 0. The molecule has 0 bridgehead atoms. The Morgan fingerprint density at radius 1 is 1.07 bits per heavy atom. The fourth-order valence-corrected chi connectivity index (χ4v) is 6.07. The Bertz CT molecular complexity index is 1230. The summed E-state index contributed by atoms with van der Waals surface area (Å²) in [7, 11) is 3.14. The first-order chi connectivity index (χ1) is 19.2. The molecule has 1 aromatic rings. The Kier molecular flexibility index (Phi) is 9.44. The molecule has 0 spiro atoms. The van der Waals surface area contributed by atoms with E-state index in [-0.39, 0.29) is 30.3 Å². The van der Waals surface area contributed by atoms with Gasteiger partial charge >= 0.3 is 11.9 Å². The molecule has 11 heteroatoms. The molecule has 1 saturated heterocycles. The fraction of sp³-hybridized carbons (Fsp3) is 0.517. The van der Waals surface area contributed by atoms with Crippen LogP contribution in [0.15, 0.2) is 45.6 Å². The Balaban J connectivity index is 1.63. The molecule has 0 N–H and O–H groups in total. The highest BCUT2D eigenvalue weighted by molar-refractivity contribution is 8.16. The molecule has 3 aliphatic rings. The summed E-state index contributed by atoms with van der Waals surface area (Å²) in [5.41, 5.74) is 2.42. The van der Waals surface area contributed by atoms with E-state index in [1.807, 2.05) is 22.4 Å². The second-order valence-corrected chi connectivity index (χ2v) is 10.9. The van der Waals surface area contributed by atoms with E-state index in [2.05, 4.69) is 0 Å². The minimum absolute atomic E-state index is 0.0463. The summed E-state index contributed by atoms with van der Waals surface area (Å²) in [6.07, 6.45) is 0.961. The summed E-state index contributed by atoms with van der Waals surface area (Å²) in [5.74, 6) is 0.260. The van der Waals surface area contributed by atoms with E-state index in [0.717, 1.165) is 11.3 Å². The van der Waals surface area contributed by atoms with Gasteiger partial charge < -0.3 is 28.7 Å². The van der Waals surface area contributed by atoms with Crippen molar-refractivity contribution in [1.82, 2.24) is 9.80 Å². The smallest absolute Gasteiger partial charge is 0.338 e. The van der Waals surface area contributed by atoms with Crippen molar-refractivity contribution in [2.24, 2.45) is 10.9 Å². The Hall–Kier alpha value is -3.47. The fourth-order valence-electron chi connectivity index (χ4n) is 5.10. The number of carbonyl (C=O) groups excluding carboxylic acids is 3. The van der Waals surface area contributed by atoms with Gasteiger partial charge in [0, 0.05) is 24.9 Å². The first-order valence-corrected chi connectivity index (χ1v) is 14.4. The van der Waals surface area contributed by atoms with Crippen LogP contribution in [0.2, 0.25) is 0 Å². The van der Waals surface area contributed by atoms with Crippen molar-refractivity contribution < 1.29 is 33.3 Å². The maximum Gasteiger partial charge on any atom is 0.338 e. The molecule has 1 atom stereocenters. The zero-order valence-corrected chi connectivity index (χ0v) is 24.7. The lowest BCUT2D eigenvalue weighted by molar-refractivity contribution is -0.151. The number of allylic oxidation sites excluding steroid dienone is 1. The number of rotatable bonds is 9. The number of amidine groups is 1. The second kappa shape index (κ2) is 12.8. The average Bonchev–Trinajstić information content (AvgIpc) is 3.33. The summed E-state index contributed by atoms with van der Waals surface area (Å²) in [6.45, 7) is 8.52. The number of ether oxygens (including phenoxy) is 4. The van der Waals surface area contributed by atoms with Crippen molar-refractivity contribution in [3.05, 3.63) is 46.1 Å². The third-order valence-corrected chi connectivity index (χ3v) is 7.94. The molecular weight excluding hydrogens is 534 g/mol. The van der Waals surface area contributed by atoms with Gasteiger partial charge in [0.15, 0.2) is 5.17 Å². The highest BCUT2D eigenvalue weighted by atomic mass is 32.2. The lowest BCUT2D eigenvalue weighted by Crippen LogP contribution is -2.42. The van der Waals surface area contributed by atoms with Gasteiger partial charge in [-0.25, -0.2) is 9.79 Å². The number of nitrogens with zero attached hydrogens (tertiary/aromatic N) is 3. The van der Waals surface area contributed by atoms with Gasteiger partial charge in [-0.2, -0.15) is 0 Å². The maximum absolute atomic E-state index is 13.4. The normalized spacial score (nSPS) is 19.2. The number of aliphatic imine (C=N–C) groups is 1. The van der Waals surface area contributed by atoms with E-state index in [9.17, 15) is 14.4 Å². The van der Waals surface area contributed by atoms with E-state index in [4.69, 9.17) is 23.9 Å². The van der Waals surface area contributed by atoms with Crippen LogP contribution in [0.5, 0.6) is 11.5 Å². The number of methoxy groups -OCH3 is 2. The monoisotopic (exact) mass is 571 g/mol. The van der Waals surface area contributed by atoms with Crippen molar-refractivity contribution in [1.29, 1.82) is 0 Å². The molecule has 40 heavy (non-hydrogen) atoms. The molecule has 0 aliphatic carbocycles. The number of amides is 1. The average molecular weight is 572 g/mol. The van der Waals surface area contributed by atoms with Gasteiger partial charge in [0.2, 0.25) is 5.91 Å². The van der Waals surface area contributed by atoms with Crippen molar-refractivity contribution in [3.8, 4) is 11.5 Å². The second-order valence-electron chi connectivity index (χ2n) is 10.1. The highest BCUT2D eigenvalue weighted by Crippen LogP contribution is 2.46. The molecular formula is C29H37N3O7S. The molecule has 10 nitrogen and oxygen atoms in total. The Morgan fingerprint density at radius 2 is 1.73 bits per heavy atom. The van der Waals surface area contributed by atoms with Crippen LogP contribution < -0.4 is 9.47 Å². The molecule has 1 amide bonds. The van der Waals surface area contributed by atoms with Crippen molar-refractivity contribution in [3.63, 3.8) is 0 Å². The third-order valence-electron chi connectivity index (χ3n) is 7.05. The van der Waals surface area contributed by atoms with Crippen LogP contribution >= 0.6 is 11.8 Å². The van der Waals surface area contributed by atoms with Crippen LogP contribution in [0.3, 0.4) is 0 Å². The predicted molar refractivity (Wildman–Crippen MR) is 152 cm³/mol. The summed E-state index contributed by atoms with van der Waals surface area (Å²) >= 11 is 1.42. The third kappa shape index (κ3) is 6.29. The van der Waals surface area contributed by atoms with E-state index >= 15 is 0 Å². The highest BCUT2D eigenvalue weighted by Gasteiger charge is 2.42. The van der Waals surface area contributed by atoms with Crippen LogP contribution in [-0.2, 0) is 23.9 Å². The standard InChI is InChI=1S/C29H37N3O7S/c1-7-38-27(34)19-8-10-31(11-9-19)24(33)14-21-16-40-29-30-18(4)25(28(35)39-17(2)3)26(32(21)29)20-12-22(36-5)15-23(13-20)37-6/h12-13,15-17,19,26H,7-11,14H2,1-6H3/t26-/m1/s1. The minimum atomic E-state index is -0.605. The first kappa shape index (κ1) is 29.5. The SMILES string of the molecule is CCOC(=O)C1CCN(C(=O)CC2=CSC3=NC(C)=C(C(=O)OC(C)C)[C@@H](c4cc(OC)cc(OC)c4)N23)CC1. The van der Waals surface area contributed by atoms with Crippen LogP contribution in [-0.4, -0.2) is 72.8 Å². The number of carbonyl (C=O) groups is 3. The van der Waals surface area contributed by atoms with Crippen LogP contribution in [0.4, 0.5) is 0 Å². The van der Waals surface area contributed by atoms with Crippen LogP contribution in [0.25, 0.3) is 0 Å². The molecule has 1 aromatic carbocycles. The van der Waals surface area contributed by atoms with Crippen molar-refractivity contribution in [2.75, 3.05) is 33.9 Å². The van der Waals surface area contributed by atoms with Crippen LogP contribution in [0.1, 0.15) is 58.6 Å². The molecule has 216 valence electrons. The van der Waals surface area contributed by atoms with Gasteiger partial charge in [0.25, 0.3) is 0 Å². The molecule has 4 rings (SSSR count). The van der Waals surface area contributed by atoms with Gasteiger partial charge in [0.1, 0.15) is 11.5 Å². The molecule has 3 heterocycles. The number of esters is 2. The summed E-state index contributed by atoms with van der Waals surface area (Å²) in [6, 6.07) is 4.87. The summed E-state index contributed by atoms with van der Waals surface area (Å²) in [5, 5.41) is 2.59. The molecule has 3 aliphatic heterocycles. The zero-order chi connectivity index (χ0) is 29.0. The number of likely N-dealkylation sites (tertiary alicyclic amines) is 1. The quantitative estimate of drug-likeness (QED) is 0.398. The predicted octanol–water partition coefficient (Wildman–Crippen LogP) is 4.42.